The van der Waals surface area contributed by atoms with Gasteiger partial charge in [0.15, 0.2) is 0 Å². The Hall–Kier alpha value is -1.95. The van der Waals surface area contributed by atoms with E-state index in [1.807, 2.05) is 27.9 Å². The first-order valence-electron chi connectivity index (χ1n) is 8.21. The highest BCUT2D eigenvalue weighted by molar-refractivity contribution is 5.67. The zero-order valence-corrected chi connectivity index (χ0v) is 14.5. The molecule has 6 heteroatoms. The molecule has 1 aromatic carbocycles. The lowest BCUT2D eigenvalue weighted by Crippen LogP contribution is -2.33. The molecular formula is C18H23F2N3O. The van der Waals surface area contributed by atoms with Gasteiger partial charge in [-0.25, -0.2) is 13.5 Å². The van der Waals surface area contributed by atoms with Crippen molar-refractivity contribution in [3.8, 4) is 17.1 Å². The van der Waals surface area contributed by atoms with Crippen LogP contribution in [0.3, 0.4) is 0 Å². The fourth-order valence-electron chi connectivity index (χ4n) is 3.29. The molecule has 1 aliphatic rings. The normalized spacial score (nSPS) is 17.2. The first-order chi connectivity index (χ1) is 11.4. The van der Waals surface area contributed by atoms with Crippen molar-refractivity contribution in [2.75, 3.05) is 27.2 Å². The highest BCUT2D eigenvalue weighted by Crippen LogP contribution is 2.40. The van der Waals surface area contributed by atoms with Crippen molar-refractivity contribution >= 4 is 0 Å². The van der Waals surface area contributed by atoms with Crippen molar-refractivity contribution in [3.63, 3.8) is 0 Å². The summed E-state index contributed by atoms with van der Waals surface area (Å²) in [5, 5.41) is 4.51. The molecule has 2 heterocycles. The van der Waals surface area contributed by atoms with E-state index in [4.69, 9.17) is 4.74 Å². The third kappa shape index (κ3) is 3.02. The monoisotopic (exact) mass is 335 g/mol. The maximum atomic E-state index is 14.3. The lowest BCUT2D eigenvalue weighted by Gasteiger charge is -2.27. The second-order valence-electron chi connectivity index (χ2n) is 6.94. The van der Waals surface area contributed by atoms with Gasteiger partial charge in [0.1, 0.15) is 17.3 Å². The number of nitrogens with zero attached hydrogens (tertiary/aromatic N) is 3. The molecule has 0 bridgehead atoms. The summed E-state index contributed by atoms with van der Waals surface area (Å²) in [5.74, 6) is -0.217. The number of rotatable bonds is 4. The summed E-state index contributed by atoms with van der Waals surface area (Å²) in [7, 11) is 4.02. The largest absolute Gasteiger partial charge is 0.477 e. The van der Waals surface area contributed by atoms with E-state index in [9.17, 15) is 8.78 Å². The second-order valence-corrected chi connectivity index (χ2v) is 6.94. The number of benzene rings is 1. The Balaban J connectivity index is 2.08. The Kier molecular flexibility index (Phi) is 4.58. The third-order valence-corrected chi connectivity index (χ3v) is 4.23. The van der Waals surface area contributed by atoms with Crippen molar-refractivity contribution < 1.29 is 13.5 Å². The van der Waals surface area contributed by atoms with Crippen LogP contribution >= 0.6 is 0 Å². The van der Waals surface area contributed by atoms with Crippen LogP contribution in [-0.2, 0) is 6.54 Å². The minimum Gasteiger partial charge on any atom is -0.477 e. The van der Waals surface area contributed by atoms with Gasteiger partial charge in [-0.1, -0.05) is 19.9 Å². The molecule has 2 aromatic rings. The Morgan fingerprint density at radius 2 is 1.96 bits per heavy atom. The van der Waals surface area contributed by atoms with E-state index in [-0.39, 0.29) is 11.5 Å². The van der Waals surface area contributed by atoms with Crippen LogP contribution in [0.1, 0.15) is 25.3 Å². The molecule has 0 fully saturated rings. The molecule has 1 atom stereocenters. The van der Waals surface area contributed by atoms with Crippen LogP contribution in [0.2, 0.25) is 0 Å². The van der Waals surface area contributed by atoms with E-state index < -0.39 is 11.6 Å². The molecule has 0 N–H and O–H groups in total. The molecule has 1 aromatic heterocycles. The Bertz CT molecular complexity index is 720. The highest BCUT2D eigenvalue weighted by atomic mass is 19.1. The summed E-state index contributed by atoms with van der Waals surface area (Å²) in [5.41, 5.74) is 1.04. The van der Waals surface area contributed by atoms with Gasteiger partial charge in [0, 0.05) is 18.0 Å². The van der Waals surface area contributed by atoms with Gasteiger partial charge in [-0.15, -0.1) is 0 Å². The molecule has 0 aliphatic carbocycles. The Labute approximate surface area is 141 Å². The number of hydrogen-bond acceptors (Lipinski definition) is 3. The van der Waals surface area contributed by atoms with E-state index in [2.05, 4.69) is 10.00 Å². The van der Waals surface area contributed by atoms with Gasteiger partial charge in [0.2, 0.25) is 5.88 Å². The fourth-order valence-corrected chi connectivity index (χ4v) is 3.29. The summed E-state index contributed by atoms with van der Waals surface area (Å²) in [6.07, 6.45) is 0. The average molecular weight is 335 g/mol. The maximum absolute atomic E-state index is 14.3. The van der Waals surface area contributed by atoms with Gasteiger partial charge in [-0.3, -0.25) is 0 Å². The predicted octanol–water partition coefficient (Wildman–Crippen LogP) is 3.52. The van der Waals surface area contributed by atoms with Gasteiger partial charge in [-0.05, 0) is 32.1 Å². The lowest BCUT2D eigenvalue weighted by atomic mass is 9.98. The van der Waals surface area contributed by atoms with Crippen LogP contribution in [0.15, 0.2) is 18.2 Å². The lowest BCUT2D eigenvalue weighted by molar-refractivity contribution is 0.138. The average Bonchev–Trinajstić information content (AvgIpc) is 2.84. The minimum absolute atomic E-state index is 0.0492. The van der Waals surface area contributed by atoms with Crippen LogP contribution in [0.25, 0.3) is 11.3 Å². The summed E-state index contributed by atoms with van der Waals surface area (Å²) in [4.78, 5) is 2.10. The predicted molar refractivity (Wildman–Crippen MR) is 89.2 cm³/mol. The van der Waals surface area contributed by atoms with E-state index in [0.29, 0.717) is 30.6 Å². The zero-order valence-electron chi connectivity index (χ0n) is 14.5. The summed E-state index contributed by atoms with van der Waals surface area (Å²) in [6, 6.07) is 3.88. The SMILES string of the molecule is CC(C)c1c(-c2c(F)cccc2F)nn2c1OC[C@H](CN(C)C)C2. The molecule has 0 unspecified atom stereocenters. The fraction of sp³-hybridized carbons (Fsp3) is 0.500. The first-order valence-corrected chi connectivity index (χ1v) is 8.21. The molecular weight excluding hydrogens is 312 g/mol. The van der Waals surface area contributed by atoms with Gasteiger partial charge < -0.3 is 9.64 Å². The molecule has 4 nitrogen and oxygen atoms in total. The number of hydrogen-bond donors (Lipinski definition) is 0. The molecule has 0 saturated heterocycles. The van der Waals surface area contributed by atoms with Crippen molar-refractivity contribution in [1.29, 1.82) is 0 Å². The van der Waals surface area contributed by atoms with Crippen molar-refractivity contribution in [1.82, 2.24) is 14.7 Å². The quantitative estimate of drug-likeness (QED) is 0.856. The summed E-state index contributed by atoms with van der Waals surface area (Å²) in [6.45, 7) is 6.11. The maximum Gasteiger partial charge on any atom is 0.215 e. The van der Waals surface area contributed by atoms with Crippen LogP contribution in [0.4, 0.5) is 8.78 Å². The first kappa shape index (κ1) is 16.9. The standard InChI is InChI=1S/C18H23F2N3O/c1-11(2)15-17(16-13(19)6-5-7-14(16)20)21-23-9-12(8-22(3)4)10-24-18(15)23/h5-7,11-12H,8-10H2,1-4H3/t12-/m1/s1. The highest BCUT2D eigenvalue weighted by Gasteiger charge is 2.30. The Morgan fingerprint density at radius 1 is 1.29 bits per heavy atom. The van der Waals surface area contributed by atoms with E-state index >= 15 is 0 Å². The van der Waals surface area contributed by atoms with Crippen LogP contribution < -0.4 is 4.74 Å². The Morgan fingerprint density at radius 3 is 2.54 bits per heavy atom. The van der Waals surface area contributed by atoms with E-state index in [1.54, 1.807) is 4.68 Å². The zero-order chi connectivity index (χ0) is 17.4. The molecule has 1 aliphatic heterocycles. The number of aromatic nitrogens is 2. The molecule has 0 radical (unpaired) electrons. The van der Waals surface area contributed by atoms with Gasteiger partial charge >= 0.3 is 0 Å². The van der Waals surface area contributed by atoms with Gasteiger partial charge in [0.25, 0.3) is 0 Å². The van der Waals surface area contributed by atoms with E-state index in [1.165, 1.54) is 18.2 Å². The number of halogens is 2. The molecule has 0 saturated carbocycles. The summed E-state index contributed by atoms with van der Waals surface area (Å²) < 4.78 is 36.2. The second kappa shape index (κ2) is 6.51. The summed E-state index contributed by atoms with van der Waals surface area (Å²) >= 11 is 0. The van der Waals surface area contributed by atoms with Crippen LogP contribution in [0, 0.1) is 17.6 Å². The molecule has 0 amide bonds. The van der Waals surface area contributed by atoms with E-state index in [0.717, 1.165) is 12.1 Å². The topological polar surface area (TPSA) is 30.3 Å². The third-order valence-electron chi connectivity index (χ3n) is 4.23. The minimum atomic E-state index is -0.600. The smallest absolute Gasteiger partial charge is 0.215 e. The number of ether oxygens (including phenoxy) is 1. The van der Waals surface area contributed by atoms with Crippen LogP contribution in [0.5, 0.6) is 5.88 Å². The van der Waals surface area contributed by atoms with Crippen molar-refractivity contribution in [2.24, 2.45) is 5.92 Å². The van der Waals surface area contributed by atoms with Gasteiger partial charge in [0.05, 0.1) is 18.7 Å². The van der Waals surface area contributed by atoms with Crippen molar-refractivity contribution in [3.05, 3.63) is 35.4 Å². The van der Waals surface area contributed by atoms with Crippen LogP contribution in [-0.4, -0.2) is 41.9 Å². The molecule has 0 spiro atoms. The molecule has 24 heavy (non-hydrogen) atoms. The molecule has 3 rings (SSSR count). The van der Waals surface area contributed by atoms with Gasteiger partial charge in [-0.2, -0.15) is 5.10 Å². The van der Waals surface area contributed by atoms with Crippen molar-refractivity contribution in [2.45, 2.75) is 26.3 Å². The molecule has 130 valence electrons. The number of fused-ring (bicyclic) bond motifs is 1.